The van der Waals surface area contributed by atoms with Crippen molar-refractivity contribution < 1.29 is 18.8 Å². The molecule has 0 saturated carbocycles. The lowest BCUT2D eigenvalue weighted by molar-refractivity contribution is -0.118. The number of hydrogen-bond donors (Lipinski definition) is 3. The third kappa shape index (κ3) is 4.89. The van der Waals surface area contributed by atoms with E-state index in [1.165, 1.54) is 36.4 Å². The Morgan fingerprint density at radius 2 is 1.65 bits per heavy atom. The number of amides is 3. The normalized spacial score (nSPS) is 11.7. The number of nitrogens with one attached hydrogen (secondary N) is 2. The monoisotopic (exact) mass is 357 g/mol. The molecule has 0 aliphatic heterocycles. The van der Waals surface area contributed by atoms with Gasteiger partial charge < -0.3 is 16.4 Å². The number of benzene rings is 2. The molecule has 0 bridgehead atoms. The number of hydrogen-bond acceptors (Lipinski definition) is 3. The van der Waals surface area contributed by atoms with Gasteiger partial charge in [0, 0.05) is 16.8 Å². The molecule has 2 aromatic rings. The van der Waals surface area contributed by atoms with Crippen molar-refractivity contribution in [3.8, 4) is 0 Å². The van der Waals surface area contributed by atoms with Crippen LogP contribution in [0.1, 0.15) is 34.6 Å². The summed E-state index contributed by atoms with van der Waals surface area (Å²) in [5.74, 6) is -2.17. The van der Waals surface area contributed by atoms with Crippen LogP contribution in [-0.4, -0.2) is 23.8 Å². The minimum Gasteiger partial charge on any atom is -0.366 e. The van der Waals surface area contributed by atoms with Crippen LogP contribution in [0.2, 0.25) is 0 Å². The predicted molar refractivity (Wildman–Crippen MR) is 96.1 cm³/mol. The van der Waals surface area contributed by atoms with Crippen molar-refractivity contribution >= 4 is 23.4 Å². The first-order valence-corrected chi connectivity index (χ1v) is 8.05. The Balaban J connectivity index is 2.12. The highest BCUT2D eigenvalue weighted by Gasteiger charge is 2.25. The molecule has 0 heterocycles. The zero-order valence-corrected chi connectivity index (χ0v) is 14.5. The molecule has 0 spiro atoms. The SMILES string of the molecule is CC(C)[C@H](NC(=O)c1ccc(F)cc1)C(=O)Nc1cccc(C(N)=O)c1. The molecular formula is C19H20FN3O3. The van der Waals surface area contributed by atoms with E-state index in [1.807, 2.05) is 0 Å². The van der Waals surface area contributed by atoms with Crippen LogP contribution in [0.25, 0.3) is 0 Å². The minimum atomic E-state index is -0.815. The van der Waals surface area contributed by atoms with Gasteiger partial charge >= 0.3 is 0 Å². The van der Waals surface area contributed by atoms with E-state index in [0.29, 0.717) is 5.69 Å². The summed E-state index contributed by atoms with van der Waals surface area (Å²) < 4.78 is 13.0. The second-order valence-corrected chi connectivity index (χ2v) is 6.14. The second kappa shape index (κ2) is 8.24. The predicted octanol–water partition coefficient (Wildman–Crippen LogP) is 2.32. The Morgan fingerprint density at radius 1 is 1.00 bits per heavy atom. The molecular weight excluding hydrogens is 337 g/mol. The summed E-state index contributed by atoms with van der Waals surface area (Å²) in [4.78, 5) is 36.1. The Bertz CT molecular complexity index is 819. The van der Waals surface area contributed by atoms with E-state index in [4.69, 9.17) is 5.73 Å². The van der Waals surface area contributed by atoms with Crippen LogP contribution in [0.15, 0.2) is 48.5 Å². The fourth-order valence-electron chi connectivity index (χ4n) is 2.33. The van der Waals surface area contributed by atoms with Gasteiger partial charge in [-0.15, -0.1) is 0 Å². The van der Waals surface area contributed by atoms with Crippen molar-refractivity contribution in [2.75, 3.05) is 5.32 Å². The number of nitrogens with two attached hydrogens (primary N) is 1. The van der Waals surface area contributed by atoms with Gasteiger partial charge in [-0.1, -0.05) is 19.9 Å². The van der Waals surface area contributed by atoms with E-state index in [-0.39, 0.29) is 17.0 Å². The maximum atomic E-state index is 13.0. The van der Waals surface area contributed by atoms with Gasteiger partial charge in [-0.25, -0.2) is 4.39 Å². The van der Waals surface area contributed by atoms with E-state index in [9.17, 15) is 18.8 Å². The summed E-state index contributed by atoms with van der Waals surface area (Å²) in [6.45, 7) is 3.57. The van der Waals surface area contributed by atoms with Crippen LogP contribution >= 0.6 is 0 Å². The molecule has 26 heavy (non-hydrogen) atoms. The standard InChI is InChI=1S/C19H20FN3O3/c1-11(2)16(23-18(25)12-6-8-14(20)9-7-12)19(26)22-15-5-3-4-13(10-15)17(21)24/h3-11,16H,1-2H3,(H2,21,24)(H,22,26)(H,23,25)/t16-/m0/s1. The van der Waals surface area contributed by atoms with Crippen molar-refractivity contribution in [2.45, 2.75) is 19.9 Å². The van der Waals surface area contributed by atoms with Gasteiger partial charge in [0.05, 0.1) is 0 Å². The fourth-order valence-corrected chi connectivity index (χ4v) is 2.33. The van der Waals surface area contributed by atoms with Crippen LogP contribution in [0.4, 0.5) is 10.1 Å². The smallest absolute Gasteiger partial charge is 0.251 e. The Labute approximate surface area is 150 Å². The molecule has 3 amide bonds. The zero-order chi connectivity index (χ0) is 19.3. The van der Waals surface area contributed by atoms with Crippen molar-refractivity contribution in [2.24, 2.45) is 11.7 Å². The van der Waals surface area contributed by atoms with Crippen LogP contribution in [0, 0.1) is 11.7 Å². The van der Waals surface area contributed by atoms with E-state index in [1.54, 1.807) is 26.0 Å². The van der Waals surface area contributed by atoms with Crippen LogP contribution < -0.4 is 16.4 Å². The molecule has 0 fully saturated rings. The van der Waals surface area contributed by atoms with Gasteiger partial charge in [-0.05, 0) is 48.4 Å². The first-order chi connectivity index (χ1) is 12.3. The van der Waals surface area contributed by atoms with Crippen LogP contribution in [0.3, 0.4) is 0 Å². The van der Waals surface area contributed by atoms with E-state index < -0.39 is 29.6 Å². The van der Waals surface area contributed by atoms with Gasteiger partial charge in [-0.2, -0.15) is 0 Å². The second-order valence-electron chi connectivity index (χ2n) is 6.14. The van der Waals surface area contributed by atoms with Crippen LogP contribution in [0.5, 0.6) is 0 Å². The maximum Gasteiger partial charge on any atom is 0.251 e. The molecule has 2 rings (SSSR count). The molecule has 7 heteroatoms. The largest absolute Gasteiger partial charge is 0.366 e. The first kappa shape index (κ1) is 19.1. The quantitative estimate of drug-likeness (QED) is 0.739. The number of carbonyl (C=O) groups excluding carboxylic acids is 3. The maximum absolute atomic E-state index is 13.0. The third-order valence-electron chi connectivity index (χ3n) is 3.76. The molecule has 1 atom stereocenters. The average molecular weight is 357 g/mol. The average Bonchev–Trinajstić information content (AvgIpc) is 2.59. The topological polar surface area (TPSA) is 101 Å². The highest BCUT2D eigenvalue weighted by Crippen LogP contribution is 2.13. The molecule has 4 N–H and O–H groups in total. The Kier molecular flexibility index (Phi) is 6.06. The highest BCUT2D eigenvalue weighted by atomic mass is 19.1. The molecule has 0 radical (unpaired) electrons. The number of rotatable bonds is 6. The lowest BCUT2D eigenvalue weighted by Gasteiger charge is -2.22. The molecule has 6 nitrogen and oxygen atoms in total. The number of halogens is 1. The van der Waals surface area contributed by atoms with Gasteiger partial charge in [0.1, 0.15) is 11.9 Å². The Hall–Kier alpha value is -3.22. The van der Waals surface area contributed by atoms with Crippen molar-refractivity contribution in [1.29, 1.82) is 0 Å². The molecule has 0 aliphatic rings. The van der Waals surface area contributed by atoms with Crippen molar-refractivity contribution in [3.63, 3.8) is 0 Å². The summed E-state index contributed by atoms with van der Waals surface area (Å²) in [5.41, 5.74) is 6.14. The minimum absolute atomic E-state index is 0.196. The van der Waals surface area contributed by atoms with Crippen LogP contribution in [-0.2, 0) is 4.79 Å². The third-order valence-corrected chi connectivity index (χ3v) is 3.76. The molecule has 0 saturated heterocycles. The van der Waals surface area contributed by atoms with Crippen molar-refractivity contribution in [3.05, 3.63) is 65.5 Å². The number of anilines is 1. The van der Waals surface area contributed by atoms with Gasteiger partial charge in [0.15, 0.2) is 0 Å². The Morgan fingerprint density at radius 3 is 2.23 bits per heavy atom. The first-order valence-electron chi connectivity index (χ1n) is 8.05. The lowest BCUT2D eigenvalue weighted by atomic mass is 10.0. The number of carbonyl (C=O) groups is 3. The van der Waals surface area contributed by atoms with E-state index in [2.05, 4.69) is 10.6 Å². The summed E-state index contributed by atoms with van der Waals surface area (Å²) in [7, 11) is 0. The summed E-state index contributed by atoms with van der Waals surface area (Å²) in [6, 6.07) is 10.4. The summed E-state index contributed by atoms with van der Waals surface area (Å²) in [6.07, 6.45) is 0. The molecule has 136 valence electrons. The van der Waals surface area contributed by atoms with Gasteiger partial charge in [0.25, 0.3) is 5.91 Å². The van der Waals surface area contributed by atoms with Gasteiger partial charge in [0.2, 0.25) is 11.8 Å². The highest BCUT2D eigenvalue weighted by molar-refractivity contribution is 6.02. The fraction of sp³-hybridized carbons (Fsp3) is 0.211. The summed E-state index contributed by atoms with van der Waals surface area (Å²) in [5, 5.41) is 5.31. The van der Waals surface area contributed by atoms with E-state index in [0.717, 1.165) is 0 Å². The zero-order valence-electron chi connectivity index (χ0n) is 14.5. The number of primary amides is 1. The molecule has 2 aromatic carbocycles. The van der Waals surface area contributed by atoms with E-state index >= 15 is 0 Å². The molecule has 0 aliphatic carbocycles. The molecule has 0 unspecified atom stereocenters. The lowest BCUT2D eigenvalue weighted by Crippen LogP contribution is -2.47. The van der Waals surface area contributed by atoms with Gasteiger partial charge in [-0.3, -0.25) is 14.4 Å². The summed E-state index contributed by atoms with van der Waals surface area (Å²) >= 11 is 0. The molecule has 0 aromatic heterocycles. The van der Waals surface area contributed by atoms with Crippen molar-refractivity contribution in [1.82, 2.24) is 5.32 Å².